The number of ether oxygens (including phenoxy) is 2. The molecule has 0 unspecified atom stereocenters. The zero-order valence-electron chi connectivity index (χ0n) is 7.63. The van der Waals surface area contributed by atoms with Gasteiger partial charge in [0.05, 0.1) is 22.1 Å². The van der Waals surface area contributed by atoms with Gasteiger partial charge in [-0.3, -0.25) is 9.59 Å². The summed E-state index contributed by atoms with van der Waals surface area (Å²) in [4.78, 5) is 21.4. The van der Waals surface area contributed by atoms with Crippen molar-refractivity contribution in [1.82, 2.24) is 0 Å². The molecule has 0 saturated heterocycles. The molecule has 0 aliphatic heterocycles. The molecular formula is C8H12I2O4. The van der Waals surface area contributed by atoms with Gasteiger partial charge >= 0.3 is 11.9 Å². The number of unbranched alkanes of at least 4 members (excludes halogenated alkanes) is 1. The van der Waals surface area contributed by atoms with Crippen LogP contribution in [0.1, 0.15) is 12.8 Å². The molecule has 0 aliphatic carbocycles. The lowest BCUT2D eigenvalue weighted by Crippen LogP contribution is -2.09. The summed E-state index contributed by atoms with van der Waals surface area (Å²) in [6.45, 7) is 0.813. The Labute approximate surface area is 110 Å². The smallest absolute Gasteiger partial charge is 0.315 e. The minimum absolute atomic E-state index is 0.199. The van der Waals surface area contributed by atoms with Gasteiger partial charge in [-0.25, -0.2) is 0 Å². The van der Waals surface area contributed by atoms with E-state index in [1.54, 1.807) is 0 Å². The maximum Gasteiger partial charge on any atom is 0.315 e. The van der Waals surface area contributed by atoms with E-state index >= 15 is 0 Å². The predicted molar refractivity (Wildman–Crippen MR) is 68.9 cm³/mol. The van der Waals surface area contributed by atoms with E-state index < -0.39 is 0 Å². The topological polar surface area (TPSA) is 52.6 Å². The molecule has 82 valence electrons. The van der Waals surface area contributed by atoms with Gasteiger partial charge < -0.3 is 9.47 Å². The molecular weight excluding hydrogens is 414 g/mol. The third kappa shape index (κ3) is 8.97. The first-order valence-electron chi connectivity index (χ1n) is 4.14. The molecule has 0 aromatic rings. The number of esters is 2. The van der Waals surface area contributed by atoms with Gasteiger partial charge in [-0.15, -0.1) is 0 Å². The van der Waals surface area contributed by atoms with Crippen LogP contribution in [0, 0.1) is 0 Å². The highest BCUT2D eigenvalue weighted by Gasteiger charge is 2.00. The van der Waals surface area contributed by atoms with E-state index in [2.05, 4.69) is 0 Å². The summed E-state index contributed by atoms with van der Waals surface area (Å²) in [6.07, 6.45) is 1.47. The van der Waals surface area contributed by atoms with E-state index in [1.807, 2.05) is 45.2 Å². The van der Waals surface area contributed by atoms with Crippen molar-refractivity contribution < 1.29 is 19.1 Å². The van der Waals surface area contributed by atoms with Crippen LogP contribution in [0.5, 0.6) is 0 Å². The lowest BCUT2D eigenvalue weighted by Gasteiger charge is -2.03. The highest BCUT2D eigenvalue weighted by molar-refractivity contribution is 14.1. The number of hydrogen-bond donors (Lipinski definition) is 0. The lowest BCUT2D eigenvalue weighted by atomic mass is 10.3. The third-order valence-electron chi connectivity index (χ3n) is 1.28. The zero-order valence-corrected chi connectivity index (χ0v) is 11.9. The minimum Gasteiger partial charge on any atom is -0.465 e. The standard InChI is InChI=1S/C8H12I2O4/c9-5-7(11)13-3-1-2-4-14-8(12)6-10/h1-6H2. The van der Waals surface area contributed by atoms with Crippen molar-refractivity contribution in [2.24, 2.45) is 0 Å². The number of halogens is 2. The molecule has 0 saturated carbocycles. The number of carbonyl (C=O) groups excluding carboxylic acids is 2. The SMILES string of the molecule is O=C(CI)OCCCCOC(=O)CI. The van der Waals surface area contributed by atoms with E-state index in [-0.39, 0.29) is 11.9 Å². The van der Waals surface area contributed by atoms with Gasteiger partial charge in [0, 0.05) is 0 Å². The second-order valence-corrected chi connectivity index (χ2v) is 3.94. The highest BCUT2D eigenvalue weighted by Crippen LogP contribution is 1.95. The number of alkyl halides is 2. The molecule has 0 aliphatic rings. The first kappa shape index (κ1) is 14.4. The quantitative estimate of drug-likeness (QED) is 0.270. The van der Waals surface area contributed by atoms with Crippen molar-refractivity contribution in [3.8, 4) is 0 Å². The fourth-order valence-electron chi connectivity index (χ4n) is 0.653. The summed E-state index contributed by atoms with van der Waals surface area (Å²) < 4.78 is 10.4. The van der Waals surface area contributed by atoms with Crippen molar-refractivity contribution in [1.29, 1.82) is 0 Å². The molecule has 0 bridgehead atoms. The molecule has 4 nitrogen and oxygen atoms in total. The number of hydrogen-bond acceptors (Lipinski definition) is 4. The molecule has 0 rings (SSSR count). The van der Waals surface area contributed by atoms with Gasteiger partial charge in [-0.1, -0.05) is 45.2 Å². The molecule has 0 aromatic heterocycles. The first-order valence-corrected chi connectivity index (χ1v) is 7.19. The maximum atomic E-state index is 10.7. The van der Waals surface area contributed by atoms with E-state index in [0.29, 0.717) is 22.1 Å². The van der Waals surface area contributed by atoms with Crippen LogP contribution in [0.2, 0.25) is 0 Å². The Balaban J connectivity index is 3.14. The van der Waals surface area contributed by atoms with Crippen molar-refractivity contribution in [3.05, 3.63) is 0 Å². The second-order valence-electron chi connectivity index (χ2n) is 2.42. The van der Waals surface area contributed by atoms with Crippen LogP contribution in [0.15, 0.2) is 0 Å². The van der Waals surface area contributed by atoms with Crippen molar-refractivity contribution in [2.75, 3.05) is 22.1 Å². The molecule has 0 fully saturated rings. The van der Waals surface area contributed by atoms with E-state index in [0.717, 1.165) is 12.8 Å². The Hall–Kier alpha value is 0.400. The Bertz CT molecular complexity index is 164. The van der Waals surface area contributed by atoms with Gasteiger partial charge in [0.25, 0.3) is 0 Å². The Kier molecular flexibility index (Phi) is 10.2. The summed E-state index contributed by atoms with van der Waals surface area (Å²) >= 11 is 3.90. The van der Waals surface area contributed by atoms with Crippen LogP contribution < -0.4 is 0 Å². The van der Waals surface area contributed by atoms with Crippen LogP contribution >= 0.6 is 45.2 Å². The summed E-state index contributed by atoms with van der Waals surface area (Å²) in [6, 6.07) is 0. The normalized spacial score (nSPS) is 9.57. The molecule has 0 aromatic carbocycles. The minimum atomic E-state index is -0.199. The van der Waals surface area contributed by atoms with Crippen LogP contribution in [0.3, 0.4) is 0 Å². The fraction of sp³-hybridized carbons (Fsp3) is 0.750. The maximum absolute atomic E-state index is 10.7. The Morgan fingerprint density at radius 1 is 0.857 bits per heavy atom. The largest absolute Gasteiger partial charge is 0.465 e. The molecule has 0 radical (unpaired) electrons. The molecule has 6 heteroatoms. The molecule has 0 heterocycles. The zero-order chi connectivity index (χ0) is 10.8. The van der Waals surface area contributed by atoms with Crippen molar-refractivity contribution >= 4 is 57.1 Å². The molecule has 14 heavy (non-hydrogen) atoms. The first-order chi connectivity index (χ1) is 6.70. The Morgan fingerprint density at radius 3 is 1.50 bits per heavy atom. The molecule has 0 spiro atoms. The van der Waals surface area contributed by atoms with Crippen LogP contribution in [-0.2, 0) is 19.1 Å². The third-order valence-corrected chi connectivity index (χ3v) is 2.53. The number of carbonyl (C=O) groups is 2. The summed E-state index contributed by atoms with van der Waals surface area (Å²) in [5.41, 5.74) is 0. The number of rotatable bonds is 7. The average molecular weight is 426 g/mol. The van der Waals surface area contributed by atoms with Crippen molar-refractivity contribution in [3.63, 3.8) is 0 Å². The predicted octanol–water partition coefficient (Wildman–Crippen LogP) is 1.72. The molecule has 0 atom stereocenters. The van der Waals surface area contributed by atoms with Gasteiger partial charge in [-0.2, -0.15) is 0 Å². The van der Waals surface area contributed by atoms with Gasteiger partial charge in [0.2, 0.25) is 0 Å². The molecule has 0 amide bonds. The van der Waals surface area contributed by atoms with E-state index in [1.165, 1.54) is 0 Å². The highest BCUT2D eigenvalue weighted by atomic mass is 127. The van der Waals surface area contributed by atoms with Gasteiger partial charge in [-0.05, 0) is 12.8 Å². The van der Waals surface area contributed by atoms with Gasteiger partial charge in [0.1, 0.15) is 0 Å². The van der Waals surface area contributed by atoms with E-state index in [9.17, 15) is 9.59 Å². The van der Waals surface area contributed by atoms with Crippen molar-refractivity contribution in [2.45, 2.75) is 12.8 Å². The fourth-order valence-corrected chi connectivity index (χ4v) is 1.09. The lowest BCUT2D eigenvalue weighted by molar-refractivity contribution is -0.142. The second kappa shape index (κ2) is 9.94. The summed E-state index contributed by atoms with van der Waals surface area (Å²) in [5.74, 6) is -0.398. The monoisotopic (exact) mass is 426 g/mol. The van der Waals surface area contributed by atoms with Crippen LogP contribution in [0.25, 0.3) is 0 Å². The van der Waals surface area contributed by atoms with E-state index in [4.69, 9.17) is 9.47 Å². The average Bonchev–Trinajstić information content (AvgIpc) is 2.22. The Morgan fingerprint density at radius 2 is 1.21 bits per heavy atom. The van der Waals surface area contributed by atoms with Crippen LogP contribution in [-0.4, -0.2) is 34.0 Å². The van der Waals surface area contributed by atoms with Gasteiger partial charge in [0.15, 0.2) is 0 Å². The molecule has 0 N–H and O–H groups in total. The summed E-state index contributed by atoms with van der Waals surface area (Å²) in [7, 11) is 0. The summed E-state index contributed by atoms with van der Waals surface area (Å²) in [5, 5.41) is 0. The van der Waals surface area contributed by atoms with Crippen LogP contribution in [0.4, 0.5) is 0 Å².